The molecule has 0 aliphatic carbocycles. The Morgan fingerprint density at radius 2 is 0.815 bits per heavy atom. The van der Waals surface area contributed by atoms with Crippen molar-refractivity contribution in [3.8, 4) is 0 Å². The second kappa shape index (κ2) is 19.7. The number of hydrogen-bond acceptors (Lipinski definition) is 1. The zero-order valence-corrected chi connectivity index (χ0v) is 22.1. The fourth-order valence-corrected chi connectivity index (χ4v) is 10.2. The Hall–Kier alpha value is 0.394. The third-order valence-corrected chi connectivity index (χ3v) is 11.2. The molecule has 0 aliphatic heterocycles. The first-order valence-corrected chi connectivity index (χ1v) is 18.5. The molecule has 0 aromatic rings. The highest BCUT2D eigenvalue weighted by Gasteiger charge is 2.18. The van der Waals surface area contributed by atoms with Gasteiger partial charge in [-0.15, -0.1) is 0 Å². The summed E-state index contributed by atoms with van der Waals surface area (Å²) < 4.78 is 6.25. The lowest BCUT2D eigenvalue weighted by molar-refractivity contribution is 0.524. The predicted octanol–water partition coefficient (Wildman–Crippen LogP) is 9.23. The van der Waals surface area contributed by atoms with E-state index < -0.39 is 17.4 Å². The van der Waals surface area contributed by atoms with Crippen molar-refractivity contribution in [3.63, 3.8) is 0 Å². The smallest absolute Gasteiger partial charge is 0.170 e. The van der Waals surface area contributed by atoms with Crippen LogP contribution < -0.4 is 0 Å². The first kappa shape index (κ1) is 27.4. The second-order valence-corrected chi connectivity index (χ2v) is 17.2. The fraction of sp³-hybridized carbons (Fsp3) is 1.00. The van der Waals surface area contributed by atoms with Gasteiger partial charge in [0.15, 0.2) is 17.4 Å². The number of rotatable bonds is 21. The maximum atomic E-state index is 6.25. The van der Waals surface area contributed by atoms with Gasteiger partial charge in [-0.1, -0.05) is 122 Å². The van der Waals surface area contributed by atoms with Gasteiger partial charge in [-0.25, -0.2) is 0 Å². The quantitative estimate of drug-likeness (QED) is 0.134. The molecular formula is C24H54OSi2. The highest BCUT2D eigenvalue weighted by atomic mass is 28.4. The van der Waals surface area contributed by atoms with Gasteiger partial charge < -0.3 is 4.12 Å². The van der Waals surface area contributed by atoms with Crippen molar-refractivity contribution < 1.29 is 4.12 Å². The minimum absolute atomic E-state index is 0.862. The topological polar surface area (TPSA) is 9.23 Å². The van der Waals surface area contributed by atoms with Crippen LogP contribution in [0, 0.1) is 0 Å². The van der Waals surface area contributed by atoms with Crippen molar-refractivity contribution in [1.82, 2.24) is 0 Å². The molecule has 0 aromatic carbocycles. The Morgan fingerprint density at radius 1 is 0.519 bits per heavy atom. The highest BCUT2D eigenvalue weighted by Crippen LogP contribution is 2.16. The first-order chi connectivity index (χ1) is 13.0. The molecule has 0 saturated carbocycles. The van der Waals surface area contributed by atoms with Crippen LogP contribution in [0.3, 0.4) is 0 Å². The molecule has 1 nitrogen and oxygen atoms in total. The Morgan fingerprint density at radius 3 is 1.11 bits per heavy atom. The van der Waals surface area contributed by atoms with Crippen molar-refractivity contribution in [1.29, 1.82) is 0 Å². The van der Waals surface area contributed by atoms with E-state index in [1.165, 1.54) is 122 Å². The van der Waals surface area contributed by atoms with Crippen LogP contribution in [0.25, 0.3) is 0 Å². The van der Waals surface area contributed by atoms with Gasteiger partial charge in [0.25, 0.3) is 0 Å². The number of unbranched alkanes of at least 4 members (excludes halogenated alkanes) is 17. The SMILES string of the molecule is CCCCCCCCCCCCCCCCCCCC[SiH](C)O[Si](C)(C)C. The molecule has 1 atom stereocenters. The van der Waals surface area contributed by atoms with E-state index in [-0.39, 0.29) is 0 Å². The molecule has 3 heteroatoms. The van der Waals surface area contributed by atoms with E-state index in [0.29, 0.717) is 0 Å². The summed E-state index contributed by atoms with van der Waals surface area (Å²) in [4.78, 5) is 0. The van der Waals surface area contributed by atoms with Crippen LogP contribution in [0.15, 0.2) is 0 Å². The molecule has 0 rings (SSSR count). The molecule has 0 amide bonds. The predicted molar refractivity (Wildman–Crippen MR) is 131 cm³/mol. The van der Waals surface area contributed by atoms with Gasteiger partial charge in [0.2, 0.25) is 0 Å². The standard InChI is InChI=1S/C24H54OSi2/c1-6-7-8-9-10-11-12-13-14-15-16-17-18-19-20-21-22-23-24-26(2)25-27(3,4)5/h26H,6-24H2,1-5H3. The van der Waals surface area contributed by atoms with Crippen molar-refractivity contribution in [2.75, 3.05) is 0 Å². The number of hydrogen-bond donors (Lipinski definition) is 0. The zero-order valence-electron chi connectivity index (χ0n) is 19.9. The van der Waals surface area contributed by atoms with Crippen LogP contribution in [-0.2, 0) is 4.12 Å². The average Bonchev–Trinajstić information content (AvgIpc) is 2.59. The summed E-state index contributed by atoms with van der Waals surface area (Å²) >= 11 is 0. The molecule has 0 fully saturated rings. The molecule has 0 aromatic heterocycles. The fourth-order valence-electron chi connectivity index (χ4n) is 4.00. The summed E-state index contributed by atoms with van der Waals surface area (Å²) in [6, 6.07) is 1.39. The zero-order chi connectivity index (χ0) is 20.2. The third-order valence-electron chi connectivity index (χ3n) is 5.52. The lowest BCUT2D eigenvalue weighted by atomic mass is 10.0. The lowest BCUT2D eigenvalue weighted by Crippen LogP contribution is -2.32. The van der Waals surface area contributed by atoms with E-state index in [1.807, 2.05) is 0 Å². The minimum atomic E-state index is -1.27. The van der Waals surface area contributed by atoms with Crippen LogP contribution in [-0.4, -0.2) is 17.4 Å². The van der Waals surface area contributed by atoms with Gasteiger partial charge in [0.05, 0.1) is 0 Å². The van der Waals surface area contributed by atoms with Crippen LogP contribution in [0.2, 0.25) is 32.2 Å². The van der Waals surface area contributed by atoms with Crippen molar-refractivity contribution in [2.24, 2.45) is 0 Å². The van der Waals surface area contributed by atoms with Gasteiger partial charge in [0.1, 0.15) is 0 Å². The molecule has 0 spiro atoms. The van der Waals surface area contributed by atoms with E-state index >= 15 is 0 Å². The Bertz CT molecular complexity index is 289. The van der Waals surface area contributed by atoms with E-state index in [9.17, 15) is 0 Å². The van der Waals surface area contributed by atoms with Crippen molar-refractivity contribution in [2.45, 2.75) is 155 Å². The highest BCUT2D eigenvalue weighted by molar-refractivity contribution is 6.77. The summed E-state index contributed by atoms with van der Waals surface area (Å²) in [6.07, 6.45) is 26.3. The summed E-state index contributed by atoms with van der Waals surface area (Å²) in [5.41, 5.74) is 0. The lowest BCUT2D eigenvalue weighted by Gasteiger charge is -2.22. The molecule has 164 valence electrons. The molecule has 0 heterocycles. The minimum Gasteiger partial charge on any atom is -0.458 e. The molecular weight excluding hydrogens is 360 g/mol. The van der Waals surface area contributed by atoms with Gasteiger partial charge in [-0.2, -0.15) is 0 Å². The van der Waals surface area contributed by atoms with E-state index in [0.717, 1.165) is 0 Å². The van der Waals surface area contributed by atoms with Gasteiger partial charge in [-0.05, 0) is 32.2 Å². The van der Waals surface area contributed by atoms with Crippen LogP contribution in [0.5, 0.6) is 0 Å². The summed E-state index contributed by atoms with van der Waals surface area (Å²) in [6.45, 7) is 11.7. The Kier molecular flexibility index (Phi) is 20.0. The molecule has 0 aliphatic rings. The average molecular weight is 415 g/mol. The molecule has 0 bridgehead atoms. The van der Waals surface area contributed by atoms with Crippen LogP contribution >= 0.6 is 0 Å². The second-order valence-electron chi connectivity index (χ2n) is 9.84. The molecule has 1 unspecified atom stereocenters. The van der Waals surface area contributed by atoms with Gasteiger partial charge in [0, 0.05) is 0 Å². The first-order valence-electron chi connectivity index (χ1n) is 12.6. The maximum absolute atomic E-state index is 6.25. The third kappa shape index (κ3) is 24.4. The molecule has 0 N–H and O–H groups in total. The Labute approximate surface area is 176 Å². The largest absolute Gasteiger partial charge is 0.458 e. The van der Waals surface area contributed by atoms with Crippen LogP contribution in [0.4, 0.5) is 0 Å². The van der Waals surface area contributed by atoms with Gasteiger partial charge in [-0.3, -0.25) is 0 Å². The normalized spacial score (nSPS) is 13.2. The van der Waals surface area contributed by atoms with E-state index in [4.69, 9.17) is 4.12 Å². The van der Waals surface area contributed by atoms with Gasteiger partial charge >= 0.3 is 0 Å². The van der Waals surface area contributed by atoms with E-state index in [2.05, 4.69) is 33.1 Å². The summed E-state index contributed by atoms with van der Waals surface area (Å²) in [5, 5.41) is 0. The molecule has 27 heavy (non-hydrogen) atoms. The van der Waals surface area contributed by atoms with Crippen LogP contribution in [0.1, 0.15) is 122 Å². The van der Waals surface area contributed by atoms with Crippen molar-refractivity contribution >= 4 is 17.4 Å². The monoisotopic (exact) mass is 414 g/mol. The summed E-state index contributed by atoms with van der Waals surface area (Å²) in [7, 11) is -2.13. The molecule has 0 radical (unpaired) electrons. The van der Waals surface area contributed by atoms with E-state index in [1.54, 1.807) is 0 Å². The maximum Gasteiger partial charge on any atom is 0.170 e. The molecule has 0 saturated heterocycles. The summed E-state index contributed by atoms with van der Waals surface area (Å²) in [5.74, 6) is 0. The Balaban J connectivity index is 3.11. The van der Waals surface area contributed by atoms with Crippen molar-refractivity contribution in [3.05, 3.63) is 0 Å².